The number of nitriles is 1. The number of rotatable bonds is 9. The number of ether oxygens (including phenoxy) is 1. The van der Waals surface area contributed by atoms with Gasteiger partial charge in [0.2, 0.25) is 0 Å². The van der Waals surface area contributed by atoms with Gasteiger partial charge in [0.1, 0.15) is 30.1 Å². The van der Waals surface area contributed by atoms with Gasteiger partial charge >= 0.3 is 0 Å². The monoisotopic (exact) mass is 436 g/mol. The van der Waals surface area contributed by atoms with Crippen molar-refractivity contribution in [3.05, 3.63) is 76.3 Å². The van der Waals surface area contributed by atoms with Crippen molar-refractivity contribution in [2.75, 3.05) is 13.2 Å². The van der Waals surface area contributed by atoms with Crippen LogP contribution in [0.25, 0.3) is 10.8 Å². The highest BCUT2D eigenvalue weighted by atomic mass is 35.5. The van der Waals surface area contributed by atoms with Crippen LogP contribution in [0.15, 0.2) is 54.6 Å². The summed E-state index contributed by atoms with van der Waals surface area (Å²) in [4.78, 5) is 0. The maximum absolute atomic E-state index is 10.4. The van der Waals surface area contributed by atoms with Crippen LogP contribution in [0.1, 0.15) is 37.5 Å². The van der Waals surface area contributed by atoms with Crippen LogP contribution in [0.4, 0.5) is 0 Å². The summed E-state index contributed by atoms with van der Waals surface area (Å²) in [6, 6.07) is 20.0. The highest BCUT2D eigenvalue weighted by Gasteiger charge is 2.21. The SMILES string of the molecule is CCc1c(CC(C)(C)NCC(O)COc2cccc(Cl)c2C#N)ccc2ccccc12. The van der Waals surface area contributed by atoms with Crippen LogP contribution in [-0.4, -0.2) is 29.9 Å². The summed E-state index contributed by atoms with van der Waals surface area (Å²) < 4.78 is 5.64. The molecule has 3 aromatic carbocycles. The molecule has 162 valence electrons. The number of nitrogens with one attached hydrogen (secondary N) is 1. The molecule has 31 heavy (non-hydrogen) atoms. The number of β-amino-alcohol motifs (C(OH)–C–C–N with tert-alkyl or cyclic N) is 1. The van der Waals surface area contributed by atoms with E-state index in [9.17, 15) is 10.4 Å². The number of aliphatic hydroxyl groups excluding tert-OH is 1. The zero-order chi connectivity index (χ0) is 22.4. The Hall–Kier alpha value is -2.58. The van der Waals surface area contributed by atoms with Crippen molar-refractivity contribution >= 4 is 22.4 Å². The van der Waals surface area contributed by atoms with Crippen LogP contribution in [0.5, 0.6) is 5.75 Å². The Balaban J connectivity index is 1.61. The van der Waals surface area contributed by atoms with Gasteiger partial charge in [-0.1, -0.05) is 61.0 Å². The average molecular weight is 437 g/mol. The third kappa shape index (κ3) is 5.77. The smallest absolute Gasteiger partial charge is 0.138 e. The number of fused-ring (bicyclic) bond motifs is 1. The Morgan fingerprint density at radius 2 is 1.90 bits per heavy atom. The summed E-state index contributed by atoms with van der Waals surface area (Å²) in [5, 5.41) is 26.0. The molecule has 0 aliphatic rings. The van der Waals surface area contributed by atoms with Crippen LogP contribution < -0.4 is 10.1 Å². The fraction of sp³-hybridized carbons (Fsp3) is 0.346. The Morgan fingerprint density at radius 3 is 2.65 bits per heavy atom. The standard InChI is InChI=1S/C26H29ClN2O2/c1-4-21-19(13-12-18-8-5-6-9-22(18)21)14-26(2,3)29-16-20(30)17-31-25-11-7-10-24(27)23(25)15-28/h5-13,20,29-30H,4,14,16-17H2,1-3H3. The number of aliphatic hydroxyl groups is 1. The fourth-order valence-electron chi connectivity index (χ4n) is 3.88. The van der Waals surface area contributed by atoms with Gasteiger partial charge in [0.15, 0.2) is 0 Å². The second-order valence-electron chi connectivity index (χ2n) is 8.41. The Kier molecular flexibility index (Phi) is 7.56. The van der Waals surface area contributed by atoms with Crippen LogP contribution >= 0.6 is 11.6 Å². The minimum Gasteiger partial charge on any atom is -0.489 e. The first-order valence-electron chi connectivity index (χ1n) is 10.6. The minimum atomic E-state index is -0.716. The largest absolute Gasteiger partial charge is 0.489 e. The summed E-state index contributed by atoms with van der Waals surface area (Å²) in [6.45, 7) is 6.93. The van der Waals surface area contributed by atoms with Gasteiger partial charge in [-0.25, -0.2) is 0 Å². The lowest BCUT2D eigenvalue weighted by Crippen LogP contribution is -2.46. The van der Waals surface area contributed by atoms with Crippen molar-refractivity contribution in [3.8, 4) is 11.8 Å². The second kappa shape index (κ2) is 10.2. The molecule has 0 aromatic heterocycles. The molecule has 0 bridgehead atoms. The molecule has 0 amide bonds. The zero-order valence-corrected chi connectivity index (χ0v) is 19.0. The molecule has 0 saturated heterocycles. The number of aryl methyl sites for hydroxylation is 1. The van der Waals surface area contributed by atoms with Crippen molar-refractivity contribution in [2.45, 2.75) is 45.3 Å². The molecule has 0 heterocycles. The molecule has 0 spiro atoms. The van der Waals surface area contributed by atoms with Crippen molar-refractivity contribution in [2.24, 2.45) is 0 Å². The second-order valence-corrected chi connectivity index (χ2v) is 8.82. The van der Waals surface area contributed by atoms with E-state index in [2.05, 4.69) is 62.5 Å². The van der Waals surface area contributed by atoms with E-state index in [0.717, 1.165) is 12.8 Å². The van der Waals surface area contributed by atoms with Crippen molar-refractivity contribution in [3.63, 3.8) is 0 Å². The topological polar surface area (TPSA) is 65.3 Å². The van der Waals surface area contributed by atoms with Gasteiger partial charge in [0.25, 0.3) is 0 Å². The minimum absolute atomic E-state index is 0.0777. The summed E-state index contributed by atoms with van der Waals surface area (Å²) in [5.74, 6) is 0.386. The predicted molar refractivity (Wildman–Crippen MR) is 127 cm³/mol. The van der Waals surface area contributed by atoms with Crippen LogP contribution in [0.3, 0.4) is 0 Å². The number of hydrogen-bond acceptors (Lipinski definition) is 4. The molecule has 1 unspecified atom stereocenters. The third-order valence-corrected chi connectivity index (χ3v) is 5.77. The molecule has 3 rings (SSSR count). The van der Waals surface area contributed by atoms with Gasteiger partial charge in [0, 0.05) is 12.1 Å². The van der Waals surface area contributed by atoms with Gasteiger partial charge in [-0.3, -0.25) is 0 Å². The number of hydrogen-bond donors (Lipinski definition) is 2. The highest BCUT2D eigenvalue weighted by Crippen LogP contribution is 2.27. The highest BCUT2D eigenvalue weighted by molar-refractivity contribution is 6.31. The average Bonchev–Trinajstić information content (AvgIpc) is 2.76. The Bertz CT molecular complexity index is 1090. The normalized spacial score (nSPS) is 12.5. The molecule has 3 aromatic rings. The maximum atomic E-state index is 10.4. The maximum Gasteiger partial charge on any atom is 0.138 e. The summed E-state index contributed by atoms with van der Waals surface area (Å²) >= 11 is 6.03. The molecule has 2 N–H and O–H groups in total. The van der Waals surface area contributed by atoms with E-state index < -0.39 is 6.10 Å². The quantitative estimate of drug-likeness (QED) is 0.479. The van der Waals surface area contributed by atoms with Gasteiger partial charge in [-0.05, 0) is 60.7 Å². The van der Waals surface area contributed by atoms with E-state index in [1.54, 1.807) is 18.2 Å². The lowest BCUT2D eigenvalue weighted by molar-refractivity contribution is 0.0987. The lowest BCUT2D eigenvalue weighted by atomic mass is 9.88. The molecular formula is C26H29ClN2O2. The molecular weight excluding hydrogens is 408 g/mol. The molecule has 0 aliphatic carbocycles. The molecule has 0 radical (unpaired) electrons. The molecule has 0 aliphatic heterocycles. The number of benzene rings is 3. The molecule has 5 heteroatoms. The van der Waals surface area contributed by atoms with Crippen molar-refractivity contribution in [1.29, 1.82) is 5.26 Å². The van der Waals surface area contributed by atoms with Gasteiger partial charge < -0.3 is 15.2 Å². The first kappa shape index (κ1) is 23.1. The lowest BCUT2D eigenvalue weighted by Gasteiger charge is -2.29. The molecule has 0 saturated carbocycles. The summed E-state index contributed by atoms with van der Waals surface area (Å²) in [7, 11) is 0. The van der Waals surface area contributed by atoms with Gasteiger partial charge in [-0.2, -0.15) is 5.26 Å². The predicted octanol–water partition coefficient (Wildman–Crippen LogP) is 5.28. The zero-order valence-electron chi connectivity index (χ0n) is 18.3. The van der Waals surface area contributed by atoms with E-state index in [4.69, 9.17) is 16.3 Å². The van der Waals surface area contributed by atoms with E-state index in [1.165, 1.54) is 21.9 Å². The van der Waals surface area contributed by atoms with Gasteiger partial charge in [-0.15, -0.1) is 0 Å². The molecule has 1 atom stereocenters. The number of halogens is 1. The van der Waals surface area contributed by atoms with Crippen LogP contribution in [0, 0.1) is 11.3 Å². The van der Waals surface area contributed by atoms with Crippen LogP contribution in [0.2, 0.25) is 5.02 Å². The Morgan fingerprint density at radius 1 is 1.13 bits per heavy atom. The van der Waals surface area contributed by atoms with E-state index in [-0.39, 0.29) is 17.7 Å². The first-order chi connectivity index (χ1) is 14.8. The Labute approximate surface area is 189 Å². The molecule has 4 nitrogen and oxygen atoms in total. The van der Waals surface area contributed by atoms with Crippen molar-refractivity contribution in [1.82, 2.24) is 5.32 Å². The fourth-order valence-corrected chi connectivity index (χ4v) is 4.08. The first-order valence-corrected chi connectivity index (χ1v) is 11.0. The van der Waals surface area contributed by atoms with E-state index in [1.807, 2.05) is 6.07 Å². The van der Waals surface area contributed by atoms with E-state index in [0.29, 0.717) is 17.3 Å². The van der Waals surface area contributed by atoms with Crippen LogP contribution in [-0.2, 0) is 12.8 Å². The van der Waals surface area contributed by atoms with Crippen molar-refractivity contribution < 1.29 is 9.84 Å². The van der Waals surface area contributed by atoms with Gasteiger partial charge in [0.05, 0.1) is 5.02 Å². The molecule has 0 fully saturated rings. The summed E-state index contributed by atoms with van der Waals surface area (Å²) in [5.41, 5.74) is 2.78. The number of nitrogens with zero attached hydrogens (tertiary/aromatic N) is 1. The summed E-state index contributed by atoms with van der Waals surface area (Å²) in [6.07, 6.45) is 1.11. The third-order valence-electron chi connectivity index (χ3n) is 5.46. The van der Waals surface area contributed by atoms with E-state index >= 15 is 0 Å².